The SMILES string of the molecule is CC(=CC(C)(CC(C)(CC(=C(CC(C)(C)c1ccc(O)cc1)c1ccc(O)cc1)C(C)(C)c1ccc(O)cc1)c1ccc(O)cc1)c1ccc(O)cc1)c1ccc(O)cc1. The van der Waals surface area contributed by atoms with Crippen molar-refractivity contribution in [3.63, 3.8) is 0 Å². The second-order valence-corrected chi connectivity index (χ2v) is 18.1. The fraction of sp³-hybridized carbons (Fsp3) is 0.259. The summed E-state index contributed by atoms with van der Waals surface area (Å²) in [4.78, 5) is 0. The Hall–Kier alpha value is -6.40. The van der Waals surface area contributed by atoms with E-state index in [9.17, 15) is 30.6 Å². The number of hydrogen-bond acceptors (Lipinski definition) is 6. The van der Waals surface area contributed by atoms with Crippen molar-refractivity contribution in [2.75, 3.05) is 0 Å². The first-order valence-electron chi connectivity index (χ1n) is 20.5. The summed E-state index contributed by atoms with van der Waals surface area (Å²) in [5, 5.41) is 62.4. The van der Waals surface area contributed by atoms with Crippen LogP contribution in [0.3, 0.4) is 0 Å². The summed E-state index contributed by atoms with van der Waals surface area (Å²) in [6, 6.07) is 44.4. The smallest absolute Gasteiger partial charge is 0.115 e. The van der Waals surface area contributed by atoms with Gasteiger partial charge >= 0.3 is 0 Å². The molecule has 6 rings (SSSR count). The highest BCUT2D eigenvalue weighted by Crippen LogP contribution is 2.52. The fourth-order valence-corrected chi connectivity index (χ4v) is 8.95. The van der Waals surface area contributed by atoms with Crippen molar-refractivity contribution in [2.45, 2.75) is 89.4 Å². The predicted octanol–water partition coefficient (Wildman–Crippen LogP) is 12.8. The quantitative estimate of drug-likeness (QED) is 0.0652. The first-order chi connectivity index (χ1) is 28.3. The Morgan fingerprint density at radius 2 is 0.767 bits per heavy atom. The zero-order valence-corrected chi connectivity index (χ0v) is 35.7. The van der Waals surface area contributed by atoms with Crippen LogP contribution in [0.15, 0.2) is 157 Å². The minimum atomic E-state index is -0.611. The molecule has 60 heavy (non-hydrogen) atoms. The molecular weight excluding hydrogens is 745 g/mol. The van der Waals surface area contributed by atoms with Crippen molar-refractivity contribution in [3.05, 3.63) is 191 Å². The van der Waals surface area contributed by atoms with E-state index in [0.717, 1.165) is 50.1 Å². The summed E-state index contributed by atoms with van der Waals surface area (Å²) in [6.45, 7) is 15.5. The van der Waals surface area contributed by atoms with Crippen LogP contribution in [0, 0.1) is 0 Å². The number of phenols is 6. The molecule has 2 unspecified atom stereocenters. The highest BCUT2D eigenvalue weighted by molar-refractivity contribution is 5.74. The highest BCUT2D eigenvalue weighted by Gasteiger charge is 2.42. The van der Waals surface area contributed by atoms with Crippen LogP contribution in [0.5, 0.6) is 34.5 Å². The molecule has 0 fully saturated rings. The zero-order chi connectivity index (χ0) is 43.5. The van der Waals surface area contributed by atoms with E-state index in [4.69, 9.17) is 0 Å². The molecule has 310 valence electrons. The second kappa shape index (κ2) is 17.1. The Kier molecular flexibility index (Phi) is 12.3. The maximum atomic E-state index is 10.6. The van der Waals surface area contributed by atoms with Crippen molar-refractivity contribution in [3.8, 4) is 34.5 Å². The van der Waals surface area contributed by atoms with Crippen molar-refractivity contribution >= 4 is 11.1 Å². The van der Waals surface area contributed by atoms with Crippen LogP contribution in [0.2, 0.25) is 0 Å². The molecule has 0 saturated heterocycles. The van der Waals surface area contributed by atoms with E-state index in [0.29, 0.717) is 19.3 Å². The Morgan fingerprint density at radius 1 is 0.417 bits per heavy atom. The number of allylic oxidation sites excluding steroid dienone is 4. The normalized spacial score (nSPS) is 14.8. The Bertz CT molecular complexity index is 2440. The Morgan fingerprint density at radius 3 is 1.20 bits per heavy atom. The van der Waals surface area contributed by atoms with Crippen LogP contribution in [0.25, 0.3) is 11.1 Å². The molecule has 2 atom stereocenters. The van der Waals surface area contributed by atoms with Gasteiger partial charge in [-0.15, -0.1) is 0 Å². The van der Waals surface area contributed by atoms with E-state index in [1.807, 2.05) is 72.8 Å². The first-order valence-corrected chi connectivity index (χ1v) is 20.5. The summed E-state index contributed by atoms with van der Waals surface area (Å²) >= 11 is 0. The summed E-state index contributed by atoms with van der Waals surface area (Å²) < 4.78 is 0. The number of rotatable bonds is 14. The van der Waals surface area contributed by atoms with Crippen molar-refractivity contribution < 1.29 is 30.6 Å². The molecule has 0 saturated carbocycles. The average Bonchev–Trinajstić information content (AvgIpc) is 3.20. The third-order valence-corrected chi connectivity index (χ3v) is 12.5. The second-order valence-electron chi connectivity index (χ2n) is 18.1. The van der Waals surface area contributed by atoms with Crippen LogP contribution in [-0.4, -0.2) is 30.6 Å². The summed E-state index contributed by atoms with van der Waals surface area (Å²) in [7, 11) is 0. The molecule has 0 aliphatic rings. The predicted molar refractivity (Wildman–Crippen MR) is 244 cm³/mol. The topological polar surface area (TPSA) is 121 Å². The molecule has 6 aromatic carbocycles. The molecule has 6 nitrogen and oxygen atoms in total. The third-order valence-electron chi connectivity index (χ3n) is 12.5. The van der Waals surface area contributed by atoms with Gasteiger partial charge in [-0.25, -0.2) is 0 Å². The van der Waals surface area contributed by atoms with Crippen LogP contribution >= 0.6 is 0 Å². The van der Waals surface area contributed by atoms with Crippen LogP contribution < -0.4 is 0 Å². The first kappa shape index (κ1) is 43.2. The van der Waals surface area contributed by atoms with E-state index >= 15 is 0 Å². The molecule has 6 N–H and O–H groups in total. The molecule has 0 bridgehead atoms. The Balaban J connectivity index is 1.65. The molecule has 0 radical (unpaired) electrons. The average molecular weight is 803 g/mol. The number of benzene rings is 6. The van der Waals surface area contributed by atoms with Gasteiger partial charge in [0.25, 0.3) is 0 Å². The summed E-state index contributed by atoms with van der Waals surface area (Å²) in [5.41, 5.74) is 7.14. The summed E-state index contributed by atoms with van der Waals surface area (Å²) in [5.74, 6) is 1.10. The molecule has 6 aromatic rings. The van der Waals surface area contributed by atoms with E-state index in [2.05, 4.69) is 54.5 Å². The van der Waals surface area contributed by atoms with Crippen LogP contribution in [0.1, 0.15) is 101 Å². The van der Waals surface area contributed by atoms with Crippen LogP contribution in [-0.2, 0) is 21.7 Å². The van der Waals surface area contributed by atoms with Gasteiger partial charge in [-0.1, -0.05) is 126 Å². The third kappa shape index (κ3) is 9.72. The minimum Gasteiger partial charge on any atom is -0.508 e. The van der Waals surface area contributed by atoms with E-state index < -0.39 is 21.7 Å². The maximum Gasteiger partial charge on any atom is 0.115 e. The van der Waals surface area contributed by atoms with Crippen LogP contribution in [0.4, 0.5) is 0 Å². The number of hydrogen-bond donors (Lipinski definition) is 6. The lowest BCUT2D eigenvalue weighted by atomic mass is 9.60. The van der Waals surface area contributed by atoms with Gasteiger partial charge in [0.2, 0.25) is 0 Å². The highest BCUT2D eigenvalue weighted by atomic mass is 16.3. The van der Waals surface area contributed by atoms with Gasteiger partial charge in [0.05, 0.1) is 0 Å². The monoisotopic (exact) mass is 802 g/mol. The molecule has 0 heterocycles. The maximum absolute atomic E-state index is 10.6. The summed E-state index contributed by atoms with van der Waals surface area (Å²) in [6.07, 6.45) is 4.06. The molecule has 0 aliphatic carbocycles. The number of phenolic OH excluding ortho intramolecular Hbond substituents is 6. The van der Waals surface area contributed by atoms with Gasteiger partial charge in [0.1, 0.15) is 34.5 Å². The van der Waals surface area contributed by atoms with Crippen molar-refractivity contribution in [1.29, 1.82) is 0 Å². The zero-order valence-electron chi connectivity index (χ0n) is 35.7. The molecule has 6 heteroatoms. The molecule has 0 spiro atoms. The van der Waals surface area contributed by atoms with Gasteiger partial charge in [0, 0.05) is 10.8 Å². The minimum absolute atomic E-state index is 0.171. The van der Waals surface area contributed by atoms with E-state index in [-0.39, 0.29) is 34.5 Å². The van der Waals surface area contributed by atoms with Crippen molar-refractivity contribution in [1.82, 2.24) is 0 Å². The van der Waals surface area contributed by atoms with Gasteiger partial charge < -0.3 is 30.6 Å². The van der Waals surface area contributed by atoms with Crippen molar-refractivity contribution in [2.24, 2.45) is 0 Å². The Labute approximate surface area is 355 Å². The fourth-order valence-electron chi connectivity index (χ4n) is 8.95. The molecule has 0 aromatic heterocycles. The lowest BCUT2D eigenvalue weighted by molar-refractivity contribution is 0.335. The largest absolute Gasteiger partial charge is 0.508 e. The van der Waals surface area contributed by atoms with E-state index in [1.165, 1.54) is 0 Å². The van der Waals surface area contributed by atoms with Gasteiger partial charge in [-0.05, 0) is 154 Å². The van der Waals surface area contributed by atoms with Gasteiger partial charge in [-0.3, -0.25) is 0 Å². The molecular formula is C54H58O6. The molecule has 0 amide bonds. The van der Waals surface area contributed by atoms with E-state index in [1.54, 1.807) is 72.8 Å². The standard InChI is InChI=1S/C54H58O6/c1-36(37-8-20-43(55)21-9-37)32-53(6,41-16-28-47(59)29-17-41)35-54(7,42-18-30-48(60)31-19-42)34-50(52(4,5)40-14-26-46(58)27-15-40)49(38-10-22-44(56)23-11-38)33-51(2,3)39-12-24-45(57)25-13-39/h8-32,55-60H,33-35H2,1-7H3. The molecule has 0 aliphatic heterocycles. The number of aromatic hydroxyl groups is 6. The lowest BCUT2D eigenvalue weighted by Crippen LogP contribution is -2.36. The van der Waals surface area contributed by atoms with Gasteiger partial charge in [0.15, 0.2) is 0 Å². The van der Waals surface area contributed by atoms with Gasteiger partial charge in [-0.2, -0.15) is 0 Å². The lowest BCUT2D eigenvalue weighted by Gasteiger charge is -2.44.